The van der Waals surface area contributed by atoms with Crippen molar-refractivity contribution in [2.45, 2.75) is 6.42 Å². The Kier molecular flexibility index (Phi) is 8.64. The van der Waals surface area contributed by atoms with Gasteiger partial charge in [-0.25, -0.2) is 4.98 Å². The van der Waals surface area contributed by atoms with Crippen molar-refractivity contribution in [3.63, 3.8) is 0 Å². The van der Waals surface area contributed by atoms with Crippen LogP contribution in [0.1, 0.15) is 16.0 Å². The molecule has 1 aliphatic heterocycles. The number of nitrogens with one attached hydrogen (secondary N) is 1. The second kappa shape index (κ2) is 12.3. The molecule has 0 spiro atoms. The van der Waals surface area contributed by atoms with Crippen LogP contribution in [0.3, 0.4) is 0 Å². The summed E-state index contributed by atoms with van der Waals surface area (Å²) in [5, 5.41) is 4.38. The Balaban J connectivity index is 1.13. The van der Waals surface area contributed by atoms with Crippen molar-refractivity contribution in [1.82, 2.24) is 4.98 Å². The van der Waals surface area contributed by atoms with Crippen molar-refractivity contribution in [3.05, 3.63) is 110 Å². The Morgan fingerprint density at radius 1 is 1.05 bits per heavy atom. The predicted octanol–water partition coefficient (Wildman–Crippen LogP) is 7.46. The third-order valence-corrected chi connectivity index (χ3v) is 8.11. The predicted molar refractivity (Wildman–Crippen MR) is 164 cm³/mol. The van der Waals surface area contributed by atoms with Crippen molar-refractivity contribution in [1.29, 1.82) is 0 Å². The van der Waals surface area contributed by atoms with Gasteiger partial charge in [-0.05, 0) is 59.7 Å². The van der Waals surface area contributed by atoms with Gasteiger partial charge in [0.1, 0.15) is 5.75 Å². The number of hydrogen-bond acceptors (Lipinski definition) is 7. The lowest BCUT2D eigenvalue weighted by Gasteiger charge is -2.13. The first-order valence-corrected chi connectivity index (χ1v) is 14.4. The molecule has 0 radical (unpaired) electrons. The molecule has 1 N–H and O–H groups in total. The lowest BCUT2D eigenvalue weighted by molar-refractivity contribution is -0.118. The zero-order valence-corrected chi connectivity index (χ0v) is 24.1. The number of thiocarbonyl (C=S) groups is 1. The van der Waals surface area contributed by atoms with Crippen LogP contribution in [0.15, 0.2) is 83.9 Å². The molecule has 0 aliphatic carbocycles. The van der Waals surface area contributed by atoms with Crippen molar-refractivity contribution in [3.8, 4) is 5.75 Å². The summed E-state index contributed by atoms with van der Waals surface area (Å²) in [6.45, 7) is -0.173. The van der Waals surface area contributed by atoms with E-state index in [1.54, 1.807) is 30.5 Å². The van der Waals surface area contributed by atoms with E-state index in [1.807, 2.05) is 54.6 Å². The van der Waals surface area contributed by atoms with Gasteiger partial charge in [-0.3, -0.25) is 19.8 Å². The molecule has 5 rings (SSSR count). The van der Waals surface area contributed by atoms with E-state index in [0.717, 1.165) is 21.7 Å². The minimum Gasteiger partial charge on any atom is -0.484 e. The van der Waals surface area contributed by atoms with E-state index in [0.29, 0.717) is 36.6 Å². The van der Waals surface area contributed by atoms with Gasteiger partial charge < -0.3 is 4.74 Å². The average molecular weight is 613 g/mol. The molecule has 4 aromatic rings. The first-order valence-electron chi connectivity index (χ1n) is 11.6. The third kappa shape index (κ3) is 7.06. The molecular formula is C28H19Cl2N3O3S3. The molecule has 6 nitrogen and oxygen atoms in total. The van der Waals surface area contributed by atoms with Crippen LogP contribution in [0, 0.1) is 0 Å². The van der Waals surface area contributed by atoms with E-state index in [9.17, 15) is 9.59 Å². The minimum absolute atomic E-state index is 0.157. The monoisotopic (exact) mass is 611 g/mol. The normalized spacial score (nSPS) is 14.2. The largest absolute Gasteiger partial charge is 0.484 e. The topological polar surface area (TPSA) is 71.5 Å². The summed E-state index contributed by atoms with van der Waals surface area (Å²) in [6.07, 6.45) is 4.10. The highest BCUT2D eigenvalue weighted by atomic mass is 35.5. The van der Waals surface area contributed by atoms with Crippen molar-refractivity contribution in [2.75, 3.05) is 16.8 Å². The lowest BCUT2D eigenvalue weighted by Crippen LogP contribution is -2.27. The number of aromatic nitrogens is 1. The highest BCUT2D eigenvalue weighted by Crippen LogP contribution is 2.36. The standard InChI is InChI=1S/C28H19Cl2N3O3S3/c29-19-10-18(11-20(30)14-19)12-23-15-31-27(38-23)32-25(34)16-36-22-8-6-17(7-9-22)13-24-26(35)33(28(37)39-24)21-4-2-1-3-5-21/h1-11,13-15H,12,16H2,(H,31,32,34)/b24-13-. The second-order valence-electron chi connectivity index (χ2n) is 8.34. The van der Waals surface area contributed by atoms with Crippen LogP contribution in [0.5, 0.6) is 5.75 Å². The summed E-state index contributed by atoms with van der Waals surface area (Å²) in [5.41, 5.74) is 2.52. The fourth-order valence-electron chi connectivity index (χ4n) is 3.74. The first kappa shape index (κ1) is 27.4. The van der Waals surface area contributed by atoms with Crippen molar-refractivity contribution >= 4 is 91.5 Å². The quantitative estimate of drug-likeness (QED) is 0.165. The number of nitrogens with zero attached hydrogens (tertiary/aromatic N) is 2. The Morgan fingerprint density at radius 2 is 1.77 bits per heavy atom. The molecule has 2 heterocycles. The first-order chi connectivity index (χ1) is 18.8. The highest BCUT2D eigenvalue weighted by Gasteiger charge is 2.33. The Labute approximate surface area is 248 Å². The molecule has 0 saturated carbocycles. The van der Waals surface area contributed by atoms with Gasteiger partial charge in [0, 0.05) is 27.5 Å². The molecule has 196 valence electrons. The summed E-state index contributed by atoms with van der Waals surface area (Å²) in [6, 6.07) is 21.8. The smallest absolute Gasteiger partial charge is 0.270 e. The molecule has 0 unspecified atom stereocenters. The van der Waals surface area contributed by atoms with Crippen LogP contribution in [-0.2, 0) is 16.0 Å². The zero-order valence-electron chi connectivity index (χ0n) is 20.1. The van der Waals surface area contributed by atoms with E-state index < -0.39 is 0 Å². The maximum atomic E-state index is 12.9. The number of halogens is 2. The fourth-order valence-corrected chi connectivity index (χ4v) is 6.48. The summed E-state index contributed by atoms with van der Waals surface area (Å²) in [5.74, 6) is 0.0436. The lowest BCUT2D eigenvalue weighted by atomic mass is 10.1. The number of rotatable bonds is 8. The number of carbonyl (C=O) groups excluding carboxylic acids is 2. The number of amides is 2. The number of anilines is 2. The van der Waals surface area contributed by atoms with Crippen molar-refractivity contribution in [2.24, 2.45) is 0 Å². The number of thiazole rings is 1. The van der Waals surface area contributed by atoms with Crippen molar-refractivity contribution < 1.29 is 14.3 Å². The van der Waals surface area contributed by atoms with Gasteiger partial charge in [-0.1, -0.05) is 77.5 Å². The Morgan fingerprint density at radius 3 is 2.49 bits per heavy atom. The second-order valence-corrected chi connectivity index (χ2v) is 12.0. The van der Waals surface area contributed by atoms with Crippen LogP contribution in [0.25, 0.3) is 6.08 Å². The maximum Gasteiger partial charge on any atom is 0.270 e. The zero-order chi connectivity index (χ0) is 27.4. The third-order valence-electron chi connectivity index (χ3n) is 5.46. The van der Waals surface area contributed by atoms with Crippen LogP contribution < -0.4 is 15.0 Å². The molecule has 0 atom stereocenters. The summed E-state index contributed by atoms with van der Waals surface area (Å²) in [4.78, 5) is 32.6. The molecule has 39 heavy (non-hydrogen) atoms. The number of ether oxygens (including phenoxy) is 1. The molecule has 11 heteroatoms. The van der Waals surface area contributed by atoms with Gasteiger partial charge in [0.2, 0.25) is 0 Å². The molecule has 1 fully saturated rings. The van der Waals surface area contributed by atoms with Gasteiger partial charge in [-0.15, -0.1) is 11.3 Å². The summed E-state index contributed by atoms with van der Waals surface area (Å²) < 4.78 is 6.11. The van der Waals surface area contributed by atoms with Gasteiger partial charge in [0.05, 0.1) is 10.6 Å². The number of benzene rings is 3. The average Bonchev–Trinajstić information content (AvgIpc) is 3.45. The number of carbonyl (C=O) groups is 2. The molecule has 0 bridgehead atoms. The van der Waals surface area contributed by atoms with Gasteiger partial charge >= 0.3 is 0 Å². The summed E-state index contributed by atoms with van der Waals surface area (Å²) >= 11 is 20.2. The Bertz CT molecular complexity index is 1550. The van der Waals surface area contributed by atoms with E-state index in [1.165, 1.54) is 28.0 Å². The minimum atomic E-state index is -0.324. The molecule has 1 saturated heterocycles. The van der Waals surface area contributed by atoms with Gasteiger partial charge in [-0.2, -0.15) is 0 Å². The number of hydrogen-bond donors (Lipinski definition) is 1. The highest BCUT2D eigenvalue weighted by molar-refractivity contribution is 8.27. The molecule has 3 aromatic carbocycles. The molecule has 1 aromatic heterocycles. The van der Waals surface area contributed by atoms with Crippen LogP contribution >= 0.6 is 58.5 Å². The van der Waals surface area contributed by atoms with Gasteiger partial charge in [0.15, 0.2) is 16.1 Å². The van der Waals surface area contributed by atoms with Crippen LogP contribution in [-0.4, -0.2) is 27.7 Å². The van der Waals surface area contributed by atoms with Crippen LogP contribution in [0.2, 0.25) is 10.0 Å². The van der Waals surface area contributed by atoms with E-state index in [4.69, 9.17) is 40.2 Å². The van der Waals surface area contributed by atoms with Crippen LogP contribution in [0.4, 0.5) is 10.8 Å². The Hall–Kier alpha value is -3.21. The number of thioether (sulfide) groups is 1. The van der Waals surface area contributed by atoms with E-state index in [2.05, 4.69) is 10.3 Å². The maximum absolute atomic E-state index is 12.9. The van der Waals surface area contributed by atoms with E-state index >= 15 is 0 Å². The molecule has 1 aliphatic rings. The fraction of sp³-hybridized carbons (Fsp3) is 0.0714. The van der Waals surface area contributed by atoms with Gasteiger partial charge in [0.25, 0.3) is 11.8 Å². The summed E-state index contributed by atoms with van der Waals surface area (Å²) in [7, 11) is 0. The molecular weight excluding hydrogens is 593 g/mol. The van der Waals surface area contributed by atoms with E-state index in [-0.39, 0.29) is 18.4 Å². The number of para-hydroxylation sites is 1. The SMILES string of the molecule is O=C(COc1ccc(/C=C2\SC(=S)N(c3ccccc3)C2=O)cc1)Nc1ncc(Cc2cc(Cl)cc(Cl)c2)s1. The molecule has 2 amide bonds.